The van der Waals surface area contributed by atoms with Crippen LogP contribution in [0.1, 0.15) is 33.6 Å². The summed E-state index contributed by atoms with van der Waals surface area (Å²) >= 11 is 0. The third-order valence-electron chi connectivity index (χ3n) is 2.62. The maximum atomic E-state index is 11.5. The quantitative estimate of drug-likeness (QED) is 0.438. The van der Waals surface area contributed by atoms with Crippen LogP contribution in [0.15, 0.2) is 0 Å². The zero-order chi connectivity index (χ0) is 14.2. The minimum atomic E-state index is -1.27. The average molecular weight is 260 g/mol. The van der Waals surface area contributed by atoms with Gasteiger partial charge in [0, 0.05) is 24.9 Å². The van der Waals surface area contributed by atoms with Crippen LogP contribution in [0.4, 0.5) is 0 Å². The van der Waals surface area contributed by atoms with Gasteiger partial charge in [0.2, 0.25) is 11.8 Å². The highest BCUT2D eigenvalue weighted by atomic mass is 16.3. The van der Waals surface area contributed by atoms with E-state index in [-0.39, 0.29) is 19.1 Å². The highest BCUT2D eigenvalue weighted by molar-refractivity contribution is 5.81. The maximum Gasteiger partial charge on any atom is 0.249 e. The first-order chi connectivity index (χ1) is 8.35. The molecule has 0 spiro atoms. The molecule has 0 saturated heterocycles. The van der Waals surface area contributed by atoms with Gasteiger partial charge in [0.1, 0.15) is 6.10 Å². The second-order valence-electron chi connectivity index (χ2n) is 4.94. The van der Waals surface area contributed by atoms with Crippen molar-refractivity contribution in [1.82, 2.24) is 10.6 Å². The van der Waals surface area contributed by atoms with E-state index in [1.165, 1.54) is 0 Å². The minimum absolute atomic E-state index is 0.0528. The molecule has 0 aromatic rings. The summed E-state index contributed by atoms with van der Waals surface area (Å²) < 4.78 is 0. The van der Waals surface area contributed by atoms with E-state index in [1.807, 2.05) is 6.92 Å². The highest BCUT2D eigenvalue weighted by Crippen LogP contribution is 2.19. The predicted octanol–water partition coefficient (Wildman–Crippen LogP) is -0.602. The average Bonchev–Trinajstić information content (AvgIpc) is 2.33. The highest BCUT2D eigenvalue weighted by Gasteiger charge is 2.32. The van der Waals surface area contributed by atoms with Gasteiger partial charge >= 0.3 is 0 Å². The Balaban J connectivity index is 3.87. The number of carbonyl (C=O) groups is 2. The lowest BCUT2D eigenvalue weighted by molar-refractivity contribution is -0.137. The molecule has 18 heavy (non-hydrogen) atoms. The number of hydrogen-bond donors (Lipinski definition) is 4. The number of aliphatic hydroxyl groups excluding tert-OH is 2. The molecule has 0 fully saturated rings. The van der Waals surface area contributed by atoms with Crippen molar-refractivity contribution in [1.29, 1.82) is 0 Å². The topological polar surface area (TPSA) is 98.7 Å². The number of nitrogens with one attached hydrogen (secondary N) is 2. The van der Waals surface area contributed by atoms with Gasteiger partial charge in [0.25, 0.3) is 0 Å². The van der Waals surface area contributed by atoms with Crippen molar-refractivity contribution in [3.8, 4) is 0 Å². The zero-order valence-corrected chi connectivity index (χ0v) is 11.3. The molecule has 0 bridgehead atoms. The molecule has 1 atom stereocenters. The number of rotatable bonds is 8. The van der Waals surface area contributed by atoms with Gasteiger partial charge in [-0.2, -0.15) is 0 Å². The van der Waals surface area contributed by atoms with Crippen LogP contribution < -0.4 is 10.6 Å². The third kappa shape index (κ3) is 5.97. The first-order valence-corrected chi connectivity index (χ1v) is 6.18. The molecule has 0 unspecified atom stereocenters. The van der Waals surface area contributed by atoms with Crippen LogP contribution in [0.3, 0.4) is 0 Å². The molecular weight excluding hydrogens is 236 g/mol. The van der Waals surface area contributed by atoms with Crippen LogP contribution in [0, 0.1) is 5.41 Å². The molecule has 6 nitrogen and oxygen atoms in total. The first-order valence-electron chi connectivity index (χ1n) is 6.18. The number of amides is 2. The van der Waals surface area contributed by atoms with Gasteiger partial charge < -0.3 is 20.8 Å². The van der Waals surface area contributed by atoms with Crippen molar-refractivity contribution in [2.24, 2.45) is 5.41 Å². The molecule has 0 aliphatic heterocycles. The lowest BCUT2D eigenvalue weighted by Gasteiger charge is -2.27. The normalized spacial score (nSPS) is 12.9. The summed E-state index contributed by atoms with van der Waals surface area (Å²) in [6, 6.07) is 0. The second kappa shape index (κ2) is 8.05. The monoisotopic (exact) mass is 260 g/mol. The Kier molecular flexibility index (Phi) is 7.54. The second-order valence-corrected chi connectivity index (χ2v) is 4.94. The van der Waals surface area contributed by atoms with E-state index in [9.17, 15) is 14.7 Å². The molecule has 0 aliphatic rings. The molecule has 0 aromatic heterocycles. The molecule has 106 valence electrons. The maximum absolute atomic E-state index is 11.5. The van der Waals surface area contributed by atoms with Gasteiger partial charge in [-0.3, -0.25) is 9.59 Å². The van der Waals surface area contributed by atoms with Crippen molar-refractivity contribution < 1.29 is 19.8 Å². The van der Waals surface area contributed by atoms with Gasteiger partial charge in [0.15, 0.2) is 0 Å². The number of aliphatic hydroxyl groups is 2. The zero-order valence-electron chi connectivity index (χ0n) is 11.3. The first kappa shape index (κ1) is 16.9. The molecule has 0 heterocycles. The molecule has 0 aliphatic carbocycles. The Labute approximate surface area is 108 Å². The Morgan fingerprint density at radius 1 is 1.22 bits per heavy atom. The van der Waals surface area contributed by atoms with Gasteiger partial charge in [-0.25, -0.2) is 0 Å². The molecule has 0 rings (SSSR count). The molecule has 6 heteroatoms. The summed E-state index contributed by atoms with van der Waals surface area (Å²) in [5.41, 5.74) is -0.879. The van der Waals surface area contributed by atoms with E-state index in [1.54, 1.807) is 13.8 Å². The summed E-state index contributed by atoms with van der Waals surface area (Å²) in [6.07, 6.45) is -0.0238. The third-order valence-corrected chi connectivity index (χ3v) is 2.62. The smallest absolute Gasteiger partial charge is 0.249 e. The molecule has 4 N–H and O–H groups in total. The van der Waals surface area contributed by atoms with Gasteiger partial charge in [-0.15, -0.1) is 0 Å². The van der Waals surface area contributed by atoms with E-state index in [4.69, 9.17) is 5.11 Å². The summed E-state index contributed by atoms with van der Waals surface area (Å²) in [5, 5.41) is 23.9. The van der Waals surface area contributed by atoms with Crippen LogP contribution >= 0.6 is 0 Å². The number of hydrogen-bond acceptors (Lipinski definition) is 4. The van der Waals surface area contributed by atoms with Crippen LogP contribution in [0.2, 0.25) is 0 Å². The summed E-state index contributed by atoms with van der Waals surface area (Å²) in [7, 11) is 0. The molecule has 0 saturated carbocycles. The minimum Gasteiger partial charge on any atom is -0.396 e. The number of carbonyl (C=O) groups excluding carboxylic acids is 2. The van der Waals surface area contributed by atoms with Crippen molar-refractivity contribution in [3.05, 3.63) is 0 Å². The van der Waals surface area contributed by atoms with Crippen LogP contribution in [-0.2, 0) is 9.59 Å². The standard InChI is InChI=1S/C12H24N2O4/c1-4-5-9(16)13-6-7-14-11(18)10(17)12(2,3)8-15/h10,15,17H,4-8H2,1-3H3,(H,13,16)(H,14,18)/t10-/m1/s1. The van der Waals surface area contributed by atoms with Crippen molar-refractivity contribution in [3.63, 3.8) is 0 Å². The lowest BCUT2D eigenvalue weighted by atomic mass is 9.87. The Morgan fingerprint density at radius 2 is 1.78 bits per heavy atom. The van der Waals surface area contributed by atoms with Crippen LogP contribution in [0.25, 0.3) is 0 Å². The van der Waals surface area contributed by atoms with E-state index in [2.05, 4.69) is 10.6 Å². The van der Waals surface area contributed by atoms with Crippen molar-refractivity contribution >= 4 is 11.8 Å². The van der Waals surface area contributed by atoms with Crippen LogP contribution in [-0.4, -0.2) is 47.8 Å². The Hall–Kier alpha value is -1.14. The van der Waals surface area contributed by atoms with E-state index in [0.29, 0.717) is 13.0 Å². The van der Waals surface area contributed by atoms with Gasteiger partial charge in [-0.05, 0) is 6.42 Å². The lowest BCUT2D eigenvalue weighted by Crippen LogP contribution is -2.47. The fourth-order valence-corrected chi connectivity index (χ4v) is 1.24. The SMILES string of the molecule is CCCC(=O)NCCNC(=O)[C@@H](O)C(C)(C)CO. The largest absolute Gasteiger partial charge is 0.396 e. The van der Waals surface area contributed by atoms with E-state index < -0.39 is 17.4 Å². The molecule has 2 amide bonds. The predicted molar refractivity (Wildman–Crippen MR) is 67.8 cm³/mol. The Bertz CT molecular complexity index is 279. The summed E-state index contributed by atoms with van der Waals surface area (Å²) in [4.78, 5) is 22.7. The fraction of sp³-hybridized carbons (Fsp3) is 0.833. The van der Waals surface area contributed by atoms with E-state index in [0.717, 1.165) is 6.42 Å². The fourth-order valence-electron chi connectivity index (χ4n) is 1.24. The molecule has 0 radical (unpaired) electrons. The molecular formula is C12H24N2O4. The van der Waals surface area contributed by atoms with E-state index >= 15 is 0 Å². The molecule has 0 aromatic carbocycles. The van der Waals surface area contributed by atoms with Crippen molar-refractivity contribution in [2.75, 3.05) is 19.7 Å². The Morgan fingerprint density at radius 3 is 2.28 bits per heavy atom. The summed E-state index contributed by atoms with van der Waals surface area (Å²) in [6.45, 7) is 5.41. The van der Waals surface area contributed by atoms with Gasteiger partial charge in [0.05, 0.1) is 6.61 Å². The summed E-state index contributed by atoms with van der Waals surface area (Å²) in [5.74, 6) is -0.596. The van der Waals surface area contributed by atoms with Crippen LogP contribution in [0.5, 0.6) is 0 Å². The van der Waals surface area contributed by atoms with Gasteiger partial charge in [-0.1, -0.05) is 20.8 Å². The van der Waals surface area contributed by atoms with Crippen molar-refractivity contribution in [2.45, 2.75) is 39.7 Å².